The standard InChI is InChI=1S/C14H18FN3O3/c1-17-7-3-2-4-11(17)9-16-14(19)12-8-10(18(20)21)5-6-13(12)15/h5-6,8,11H,2-4,7,9H2,1H3,(H,16,19). The van der Waals surface area contributed by atoms with Gasteiger partial charge in [-0.3, -0.25) is 14.9 Å². The topological polar surface area (TPSA) is 75.5 Å². The molecule has 1 atom stereocenters. The van der Waals surface area contributed by atoms with Crippen molar-refractivity contribution in [3.63, 3.8) is 0 Å². The Kier molecular flexibility index (Phi) is 4.85. The average Bonchev–Trinajstić information content (AvgIpc) is 2.46. The molecule has 1 fully saturated rings. The lowest BCUT2D eigenvalue weighted by Crippen LogP contribution is -2.44. The molecule has 1 aliphatic heterocycles. The monoisotopic (exact) mass is 295 g/mol. The van der Waals surface area contributed by atoms with Crippen molar-refractivity contribution in [2.45, 2.75) is 25.3 Å². The van der Waals surface area contributed by atoms with Gasteiger partial charge in [0.25, 0.3) is 11.6 Å². The molecule has 21 heavy (non-hydrogen) atoms. The normalized spacial score (nSPS) is 19.2. The first-order valence-corrected chi connectivity index (χ1v) is 6.91. The van der Waals surface area contributed by atoms with E-state index in [9.17, 15) is 19.3 Å². The SMILES string of the molecule is CN1CCCCC1CNC(=O)c1cc([N+](=O)[O-])ccc1F. The first-order chi connectivity index (χ1) is 9.99. The van der Waals surface area contributed by atoms with E-state index in [0.29, 0.717) is 6.54 Å². The number of nitrogens with zero attached hydrogens (tertiary/aromatic N) is 2. The van der Waals surface area contributed by atoms with Crippen molar-refractivity contribution in [2.24, 2.45) is 0 Å². The lowest BCUT2D eigenvalue weighted by Gasteiger charge is -2.32. The number of piperidine rings is 1. The molecule has 1 unspecified atom stereocenters. The van der Waals surface area contributed by atoms with E-state index >= 15 is 0 Å². The molecule has 1 heterocycles. The van der Waals surface area contributed by atoms with Crippen LogP contribution in [0.1, 0.15) is 29.6 Å². The number of likely N-dealkylation sites (N-methyl/N-ethyl adjacent to an activating group) is 1. The minimum atomic E-state index is -0.755. The average molecular weight is 295 g/mol. The van der Waals surface area contributed by atoms with E-state index in [-0.39, 0.29) is 17.3 Å². The Morgan fingerprint density at radius 1 is 1.52 bits per heavy atom. The molecule has 114 valence electrons. The van der Waals surface area contributed by atoms with Crippen LogP contribution in [-0.2, 0) is 0 Å². The third-order valence-electron chi connectivity index (χ3n) is 3.83. The van der Waals surface area contributed by atoms with Gasteiger partial charge in [-0.25, -0.2) is 4.39 Å². The number of non-ortho nitro benzene ring substituents is 1. The zero-order valence-electron chi connectivity index (χ0n) is 11.8. The second kappa shape index (κ2) is 6.62. The van der Waals surface area contributed by atoms with Gasteiger partial charge in [-0.1, -0.05) is 6.42 Å². The maximum Gasteiger partial charge on any atom is 0.270 e. The van der Waals surface area contributed by atoms with Crippen LogP contribution in [0, 0.1) is 15.9 Å². The third-order valence-corrected chi connectivity index (χ3v) is 3.83. The summed E-state index contributed by atoms with van der Waals surface area (Å²) in [5.74, 6) is -1.37. The number of benzene rings is 1. The second-order valence-corrected chi connectivity index (χ2v) is 5.26. The Labute approximate surface area is 122 Å². The summed E-state index contributed by atoms with van der Waals surface area (Å²) in [6.45, 7) is 1.39. The molecule has 2 rings (SSSR count). The predicted molar refractivity (Wildman–Crippen MR) is 75.7 cm³/mol. The molecule has 0 bridgehead atoms. The van der Waals surface area contributed by atoms with Gasteiger partial charge in [0.2, 0.25) is 0 Å². The van der Waals surface area contributed by atoms with Gasteiger partial charge in [0, 0.05) is 24.7 Å². The first-order valence-electron chi connectivity index (χ1n) is 6.91. The minimum Gasteiger partial charge on any atom is -0.350 e. The van der Waals surface area contributed by atoms with Crippen molar-refractivity contribution in [3.05, 3.63) is 39.7 Å². The van der Waals surface area contributed by atoms with Gasteiger partial charge in [0.05, 0.1) is 10.5 Å². The zero-order valence-corrected chi connectivity index (χ0v) is 11.8. The Balaban J connectivity index is 2.02. The number of halogens is 1. The van der Waals surface area contributed by atoms with Crippen molar-refractivity contribution < 1.29 is 14.1 Å². The van der Waals surface area contributed by atoms with Gasteiger partial charge in [0.1, 0.15) is 5.82 Å². The number of hydrogen-bond donors (Lipinski definition) is 1. The van der Waals surface area contributed by atoms with Crippen LogP contribution in [0.4, 0.5) is 10.1 Å². The van der Waals surface area contributed by atoms with Gasteiger partial charge < -0.3 is 10.2 Å². The van der Waals surface area contributed by atoms with E-state index in [4.69, 9.17) is 0 Å². The van der Waals surface area contributed by atoms with Crippen molar-refractivity contribution in [2.75, 3.05) is 20.1 Å². The van der Waals surface area contributed by atoms with Crippen molar-refractivity contribution in [1.82, 2.24) is 10.2 Å². The molecule has 1 aromatic carbocycles. The fraction of sp³-hybridized carbons (Fsp3) is 0.500. The first kappa shape index (κ1) is 15.4. The lowest BCUT2D eigenvalue weighted by atomic mass is 10.0. The summed E-state index contributed by atoms with van der Waals surface area (Å²) in [6, 6.07) is 3.18. The Morgan fingerprint density at radius 3 is 2.95 bits per heavy atom. The zero-order chi connectivity index (χ0) is 15.4. The van der Waals surface area contributed by atoms with Gasteiger partial charge in [-0.15, -0.1) is 0 Å². The summed E-state index contributed by atoms with van der Waals surface area (Å²) in [6.07, 6.45) is 3.23. The molecule has 6 nitrogen and oxygen atoms in total. The van der Waals surface area contributed by atoms with Crippen LogP contribution in [0.5, 0.6) is 0 Å². The number of nitro groups is 1. The molecule has 1 aliphatic rings. The number of rotatable bonds is 4. The number of nitro benzene ring substituents is 1. The van der Waals surface area contributed by atoms with Crippen LogP contribution in [-0.4, -0.2) is 41.9 Å². The van der Waals surface area contributed by atoms with Crippen LogP contribution >= 0.6 is 0 Å². The van der Waals surface area contributed by atoms with Crippen LogP contribution in [0.2, 0.25) is 0 Å². The quantitative estimate of drug-likeness (QED) is 0.680. The highest BCUT2D eigenvalue weighted by Crippen LogP contribution is 2.17. The number of likely N-dealkylation sites (tertiary alicyclic amines) is 1. The Morgan fingerprint density at radius 2 is 2.29 bits per heavy atom. The summed E-state index contributed by atoms with van der Waals surface area (Å²) in [4.78, 5) is 24.2. The number of carbonyl (C=O) groups excluding carboxylic acids is 1. The number of nitrogens with one attached hydrogen (secondary N) is 1. The number of hydrogen-bond acceptors (Lipinski definition) is 4. The number of amides is 1. The highest BCUT2D eigenvalue weighted by atomic mass is 19.1. The van der Waals surface area contributed by atoms with Gasteiger partial charge in [0.15, 0.2) is 0 Å². The lowest BCUT2D eigenvalue weighted by molar-refractivity contribution is -0.384. The molecule has 0 radical (unpaired) electrons. The molecule has 1 N–H and O–H groups in total. The molecular formula is C14H18FN3O3. The van der Waals surface area contributed by atoms with Gasteiger partial charge in [-0.05, 0) is 32.5 Å². The molecule has 0 saturated carbocycles. The minimum absolute atomic E-state index is 0.226. The molecule has 1 aromatic rings. The molecule has 7 heteroatoms. The van der Waals surface area contributed by atoms with Gasteiger partial charge in [-0.2, -0.15) is 0 Å². The van der Waals surface area contributed by atoms with E-state index in [1.54, 1.807) is 0 Å². The maximum atomic E-state index is 13.6. The fourth-order valence-corrected chi connectivity index (χ4v) is 2.51. The molecule has 1 amide bonds. The van der Waals surface area contributed by atoms with E-state index in [1.807, 2.05) is 7.05 Å². The maximum absolute atomic E-state index is 13.6. The Bertz CT molecular complexity index is 550. The molecule has 1 saturated heterocycles. The van der Waals surface area contributed by atoms with E-state index in [1.165, 1.54) is 0 Å². The van der Waals surface area contributed by atoms with Crippen molar-refractivity contribution in [1.29, 1.82) is 0 Å². The Hall–Kier alpha value is -2.02. The van der Waals surface area contributed by atoms with Crippen LogP contribution in [0.3, 0.4) is 0 Å². The summed E-state index contributed by atoms with van der Waals surface area (Å²) in [5.41, 5.74) is -0.584. The smallest absolute Gasteiger partial charge is 0.270 e. The van der Waals surface area contributed by atoms with E-state index in [2.05, 4.69) is 10.2 Å². The predicted octanol–water partition coefficient (Wildman–Crippen LogP) is 1.95. The van der Waals surface area contributed by atoms with Crippen LogP contribution < -0.4 is 5.32 Å². The molecule has 0 spiro atoms. The van der Waals surface area contributed by atoms with Crippen molar-refractivity contribution in [3.8, 4) is 0 Å². The third kappa shape index (κ3) is 3.75. The largest absolute Gasteiger partial charge is 0.350 e. The highest BCUT2D eigenvalue weighted by molar-refractivity contribution is 5.95. The van der Waals surface area contributed by atoms with Gasteiger partial charge >= 0.3 is 0 Å². The highest BCUT2D eigenvalue weighted by Gasteiger charge is 2.21. The summed E-state index contributed by atoms with van der Waals surface area (Å²) < 4.78 is 13.6. The van der Waals surface area contributed by atoms with Crippen LogP contribution in [0.15, 0.2) is 18.2 Å². The fourth-order valence-electron chi connectivity index (χ4n) is 2.51. The summed E-state index contributed by atoms with van der Waals surface area (Å²) >= 11 is 0. The van der Waals surface area contributed by atoms with Crippen LogP contribution in [0.25, 0.3) is 0 Å². The molecule has 0 aromatic heterocycles. The van der Waals surface area contributed by atoms with E-state index < -0.39 is 16.6 Å². The summed E-state index contributed by atoms with van der Waals surface area (Å²) in [7, 11) is 1.99. The van der Waals surface area contributed by atoms with Crippen molar-refractivity contribution >= 4 is 11.6 Å². The number of carbonyl (C=O) groups is 1. The van der Waals surface area contributed by atoms with E-state index in [0.717, 1.165) is 44.0 Å². The second-order valence-electron chi connectivity index (χ2n) is 5.26. The summed E-state index contributed by atoms with van der Waals surface area (Å²) in [5, 5.41) is 13.3. The molecular weight excluding hydrogens is 277 g/mol. The molecule has 0 aliphatic carbocycles.